The van der Waals surface area contributed by atoms with Crippen LogP contribution in [0.15, 0.2) is 48.5 Å². The Balaban J connectivity index is 1.66. The van der Waals surface area contributed by atoms with Gasteiger partial charge in [0.05, 0.1) is 0 Å². The molecule has 0 saturated carbocycles. The van der Waals surface area contributed by atoms with Crippen molar-refractivity contribution >= 4 is 11.8 Å². The van der Waals surface area contributed by atoms with Gasteiger partial charge in [0.1, 0.15) is 17.7 Å². The number of hydrogen-bond acceptors (Lipinski definition) is 2. The maximum absolute atomic E-state index is 13.1. The van der Waals surface area contributed by atoms with Crippen LogP contribution >= 0.6 is 0 Å². The zero-order chi connectivity index (χ0) is 18.5. The van der Waals surface area contributed by atoms with Crippen LogP contribution in [0, 0.1) is 11.6 Å². The van der Waals surface area contributed by atoms with Crippen LogP contribution in [0.4, 0.5) is 8.78 Å². The third-order valence-electron chi connectivity index (χ3n) is 4.51. The van der Waals surface area contributed by atoms with E-state index in [0.717, 1.165) is 11.1 Å². The zero-order valence-electron chi connectivity index (χ0n) is 14.3. The summed E-state index contributed by atoms with van der Waals surface area (Å²) in [7, 11) is 0. The molecule has 1 N–H and O–H groups in total. The lowest BCUT2D eigenvalue weighted by atomic mass is 9.99. The summed E-state index contributed by atoms with van der Waals surface area (Å²) < 4.78 is 26.0. The van der Waals surface area contributed by atoms with Crippen molar-refractivity contribution in [3.05, 3.63) is 71.3 Å². The van der Waals surface area contributed by atoms with Crippen molar-refractivity contribution in [2.75, 3.05) is 0 Å². The van der Waals surface area contributed by atoms with Crippen LogP contribution in [0.2, 0.25) is 0 Å². The molecule has 26 heavy (non-hydrogen) atoms. The Kier molecular flexibility index (Phi) is 5.61. The van der Waals surface area contributed by atoms with E-state index < -0.39 is 6.04 Å². The van der Waals surface area contributed by atoms with Crippen molar-refractivity contribution in [2.24, 2.45) is 0 Å². The molecule has 0 aromatic heterocycles. The molecule has 1 saturated heterocycles. The van der Waals surface area contributed by atoms with Gasteiger partial charge in [0.2, 0.25) is 11.8 Å². The number of amides is 2. The van der Waals surface area contributed by atoms with Gasteiger partial charge in [-0.05, 0) is 48.2 Å². The summed E-state index contributed by atoms with van der Waals surface area (Å²) in [6.07, 6.45) is 1.65. The van der Waals surface area contributed by atoms with E-state index >= 15 is 0 Å². The quantitative estimate of drug-likeness (QED) is 0.893. The molecule has 2 aromatic carbocycles. The number of nitrogens with zero attached hydrogens (tertiary/aromatic N) is 1. The predicted octanol–water partition coefficient (Wildman–Crippen LogP) is 3.16. The fourth-order valence-corrected chi connectivity index (χ4v) is 3.09. The van der Waals surface area contributed by atoms with Crippen molar-refractivity contribution in [3.63, 3.8) is 0 Å². The molecule has 3 rings (SSSR count). The molecule has 2 amide bonds. The first-order valence-electron chi connectivity index (χ1n) is 8.59. The normalized spacial score (nSPS) is 17.2. The molecule has 0 aliphatic carbocycles. The Hall–Kier alpha value is -2.76. The van der Waals surface area contributed by atoms with Crippen LogP contribution in [0.5, 0.6) is 0 Å². The SMILES string of the molecule is O=C(NCc1ccc(F)cc1)C1CCCC(=O)N1Cc1ccc(F)cc1. The van der Waals surface area contributed by atoms with Crippen LogP contribution in [0.3, 0.4) is 0 Å². The first kappa shape index (κ1) is 18.0. The monoisotopic (exact) mass is 358 g/mol. The van der Waals surface area contributed by atoms with Crippen LogP contribution in [-0.2, 0) is 22.7 Å². The summed E-state index contributed by atoms with van der Waals surface area (Å²) in [5.74, 6) is -0.984. The van der Waals surface area contributed by atoms with Gasteiger partial charge in [-0.1, -0.05) is 24.3 Å². The van der Waals surface area contributed by atoms with Gasteiger partial charge < -0.3 is 10.2 Å². The van der Waals surface area contributed by atoms with Gasteiger partial charge in [-0.15, -0.1) is 0 Å². The Morgan fingerprint density at radius 3 is 2.19 bits per heavy atom. The smallest absolute Gasteiger partial charge is 0.243 e. The maximum Gasteiger partial charge on any atom is 0.243 e. The average molecular weight is 358 g/mol. The second-order valence-corrected chi connectivity index (χ2v) is 6.40. The van der Waals surface area contributed by atoms with Gasteiger partial charge >= 0.3 is 0 Å². The highest BCUT2D eigenvalue weighted by molar-refractivity contribution is 5.88. The van der Waals surface area contributed by atoms with Gasteiger partial charge in [-0.25, -0.2) is 8.78 Å². The molecule has 1 fully saturated rings. The first-order valence-corrected chi connectivity index (χ1v) is 8.59. The van der Waals surface area contributed by atoms with Crippen LogP contribution in [-0.4, -0.2) is 22.8 Å². The second kappa shape index (κ2) is 8.08. The predicted molar refractivity (Wildman–Crippen MR) is 92.8 cm³/mol. The highest BCUT2D eigenvalue weighted by Gasteiger charge is 2.33. The molecule has 6 heteroatoms. The first-order chi connectivity index (χ1) is 12.5. The summed E-state index contributed by atoms with van der Waals surface area (Å²) in [6.45, 7) is 0.544. The fourth-order valence-electron chi connectivity index (χ4n) is 3.09. The van der Waals surface area contributed by atoms with E-state index in [9.17, 15) is 18.4 Å². The van der Waals surface area contributed by atoms with Crippen molar-refractivity contribution in [3.8, 4) is 0 Å². The standard InChI is InChI=1S/C20H20F2N2O2/c21-16-8-4-14(5-9-16)12-23-20(26)18-2-1-3-19(25)24(18)13-15-6-10-17(22)11-7-15/h4-11,18H,1-3,12-13H2,(H,23,26). The van der Waals surface area contributed by atoms with E-state index in [1.165, 1.54) is 24.3 Å². The number of rotatable bonds is 5. The fraction of sp³-hybridized carbons (Fsp3) is 0.300. The lowest BCUT2D eigenvalue weighted by Crippen LogP contribution is -2.51. The number of carbonyl (C=O) groups is 2. The second-order valence-electron chi connectivity index (χ2n) is 6.40. The Morgan fingerprint density at radius 2 is 1.58 bits per heavy atom. The van der Waals surface area contributed by atoms with Crippen molar-refractivity contribution in [1.29, 1.82) is 0 Å². The minimum absolute atomic E-state index is 0.0810. The Labute approximate surface area is 150 Å². The highest BCUT2D eigenvalue weighted by atomic mass is 19.1. The molecule has 4 nitrogen and oxygen atoms in total. The lowest BCUT2D eigenvalue weighted by molar-refractivity contribution is -0.144. The van der Waals surface area contributed by atoms with Gasteiger partial charge in [0, 0.05) is 19.5 Å². The molecule has 1 aliphatic rings. The number of benzene rings is 2. The molecule has 0 radical (unpaired) electrons. The zero-order valence-corrected chi connectivity index (χ0v) is 14.3. The molecular formula is C20H20F2N2O2. The van der Waals surface area contributed by atoms with Crippen LogP contribution in [0.25, 0.3) is 0 Å². The molecular weight excluding hydrogens is 338 g/mol. The number of halogens is 2. The third kappa shape index (κ3) is 4.45. The third-order valence-corrected chi connectivity index (χ3v) is 4.51. The largest absolute Gasteiger partial charge is 0.350 e. The lowest BCUT2D eigenvalue weighted by Gasteiger charge is -2.34. The average Bonchev–Trinajstić information content (AvgIpc) is 2.64. The van der Waals surface area contributed by atoms with Crippen molar-refractivity contribution in [2.45, 2.75) is 38.4 Å². The van der Waals surface area contributed by atoms with Crippen molar-refractivity contribution < 1.29 is 18.4 Å². The molecule has 136 valence electrons. The van der Waals surface area contributed by atoms with E-state index in [0.29, 0.717) is 19.3 Å². The van der Waals surface area contributed by atoms with E-state index in [4.69, 9.17) is 0 Å². The molecule has 0 spiro atoms. The molecule has 1 atom stereocenters. The Bertz CT molecular complexity index is 775. The van der Waals surface area contributed by atoms with Gasteiger partial charge in [-0.3, -0.25) is 9.59 Å². The van der Waals surface area contributed by atoms with Gasteiger partial charge in [-0.2, -0.15) is 0 Å². The minimum Gasteiger partial charge on any atom is -0.350 e. The molecule has 1 aliphatic heterocycles. The van der Waals surface area contributed by atoms with Gasteiger partial charge in [0.15, 0.2) is 0 Å². The van der Waals surface area contributed by atoms with Crippen LogP contribution < -0.4 is 5.32 Å². The summed E-state index contributed by atoms with van der Waals surface area (Å²) in [5, 5.41) is 2.82. The summed E-state index contributed by atoms with van der Waals surface area (Å²) in [5.41, 5.74) is 1.56. The number of piperidine rings is 1. The summed E-state index contributed by atoms with van der Waals surface area (Å²) >= 11 is 0. The van der Waals surface area contributed by atoms with Crippen molar-refractivity contribution in [1.82, 2.24) is 10.2 Å². The maximum atomic E-state index is 13.1. The Morgan fingerprint density at radius 1 is 1.00 bits per heavy atom. The van der Waals surface area contributed by atoms with Gasteiger partial charge in [0.25, 0.3) is 0 Å². The number of nitrogens with one attached hydrogen (secondary N) is 1. The topological polar surface area (TPSA) is 49.4 Å². The number of carbonyl (C=O) groups excluding carboxylic acids is 2. The number of likely N-dealkylation sites (tertiary alicyclic amines) is 1. The van der Waals surface area contributed by atoms with Crippen LogP contribution in [0.1, 0.15) is 30.4 Å². The summed E-state index contributed by atoms with van der Waals surface area (Å²) in [6, 6.07) is 11.3. The summed E-state index contributed by atoms with van der Waals surface area (Å²) in [4.78, 5) is 26.5. The van der Waals surface area contributed by atoms with E-state index in [-0.39, 0.29) is 36.5 Å². The minimum atomic E-state index is -0.554. The van der Waals surface area contributed by atoms with E-state index in [1.807, 2.05) is 0 Å². The molecule has 1 heterocycles. The van der Waals surface area contributed by atoms with E-state index in [2.05, 4.69) is 5.32 Å². The number of hydrogen-bond donors (Lipinski definition) is 1. The molecule has 1 unspecified atom stereocenters. The highest BCUT2D eigenvalue weighted by Crippen LogP contribution is 2.21. The van der Waals surface area contributed by atoms with E-state index in [1.54, 1.807) is 29.2 Å². The molecule has 2 aromatic rings. The molecule has 0 bridgehead atoms.